The monoisotopic (exact) mass is 516 g/mol. The molecule has 3 aromatic heterocycles. The first kappa shape index (κ1) is 23.6. The van der Waals surface area contributed by atoms with Gasteiger partial charge in [0.1, 0.15) is 5.82 Å². The highest BCUT2D eigenvalue weighted by molar-refractivity contribution is 7.16. The number of alkyl halides is 3. The number of halogens is 4. The number of anilines is 1. The van der Waals surface area contributed by atoms with Crippen molar-refractivity contribution in [1.82, 2.24) is 14.9 Å². The molecule has 0 bridgehead atoms. The third kappa shape index (κ3) is 4.58. The van der Waals surface area contributed by atoms with Crippen molar-refractivity contribution in [1.29, 1.82) is 0 Å². The third-order valence-electron chi connectivity index (χ3n) is 6.23. The van der Waals surface area contributed by atoms with Gasteiger partial charge in [0.05, 0.1) is 33.7 Å². The van der Waals surface area contributed by atoms with Crippen LogP contribution in [0.5, 0.6) is 0 Å². The molecule has 5 rings (SSSR count). The molecule has 0 saturated carbocycles. The van der Waals surface area contributed by atoms with Gasteiger partial charge in [-0.3, -0.25) is 9.78 Å². The number of pyridine rings is 2. The maximum absolute atomic E-state index is 13.8. The van der Waals surface area contributed by atoms with E-state index in [1.807, 2.05) is 19.1 Å². The van der Waals surface area contributed by atoms with Gasteiger partial charge in [-0.2, -0.15) is 13.2 Å². The van der Waals surface area contributed by atoms with Crippen LogP contribution in [0.25, 0.3) is 10.9 Å². The number of aryl methyl sites for hydroxylation is 2. The van der Waals surface area contributed by atoms with E-state index < -0.39 is 11.7 Å². The van der Waals surface area contributed by atoms with Crippen molar-refractivity contribution in [3.8, 4) is 0 Å². The second-order valence-electron chi connectivity index (χ2n) is 8.55. The van der Waals surface area contributed by atoms with E-state index in [0.29, 0.717) is 33.3 Å². The molecule has 0 radical (unpaired) electrons. The lowest BCUT2D eigenvalue weighted by Gasteiger charge is -2.29. The number of amides is 1. The number of fused-ring (bicyclic) bond motifs is 2. The SMILES string of the molecule is Cc1cc2cc(C(=O)N(Cc3ccc(C(F)(F)F)cn3)[C@@H]3CCc4sc(Cl)cc43)ccc2nc1N. The molecule has 1 aliphatic rings. The normalized spacial score (nSPS) is 15.4. The lowest BCUT2D eigenvalue weighted by Crippen LogP contribution is -2.34. The van der Waals surface area contributed by atoms with Crippen LogP contribution in [0.2, 0.25) is 4.34 Å². The van der Waals surface area contributed by atoms with E-state index in [1.165, 1.54) is 17.4 Å². The molecule has 5 nitrogen and oxygen atoms in total. The van der Waals surface area contributed by atoms with Crippen LogP contribution >= 0.6 is 22.9 Å². The molecule has 4 aromatic rings. The van der Waals surface area contributed by atoms with Crippen molar-refractivity contribution in [2.75, 3.05) is 5.73 Å². The zero-order valence-electron chi connectivity index (χ0n) is 18.6. The Morgan fingerprint density at radius 3 is 2.74 bits per heavy atom. The molecule has 1 amide bonds. The molecule has 0 aliphatic heterocycles. The Kier molecular flexibility index (Phi) is 5.93. The molecule has 1 aromatic carbocycles. The van der Waals surface area contributed by atoms with Crippen LogP contribution in [0.1, 0.15) is 50.1 Å². The van der Waals surface area contributed by atoms with Crippen molar-refractivity contribution in [3.05, 3.63) is 85.8 Å². The Morgan fingerprint density at radius 1 is 1.23 bits per heavy atom. The Hall–Kier alpha value is -3.17. The van der Waals surface area contributed by atoms with E-state index in [1.54, 1.807) is 23.1 Å². The topological polar surface area (TPSA) is 72.1 Å². The summed E-state index contributed by atoms with van der Waals surface area (Å²) in [6.45, 7) is 1.91. The van der Waals surface area contributed by atoms with Crippen molar-refractivity contribution in [3.63, 3.8) is 0 Å². The summed E-state index contributed by atoms with van der Waals surface area (Å²) in [5.41, 5.74) is 8.36. The smallest absolute Gasteiger partial charge is 0.383 e. The summed E-state index contributed by atoms with van der Waals surface area (Å²) in [7, 11) is 0. The summed E-state index contributed by atoms with van der Waals surface area (Å²) < 4.78 is 39.6. The van der Waals surface area contributed by atoms with Crippen LogP contribution in [0, 0.1) is 6.92 Å². The van der Waals surface area contributed by atoms with Gasteiger partial charge in [-0.1, -0.05) is 11.6 Å². The second-order valence-corrected chi connectivity index (χ2v) is 10.3. The van der Waals surface area contributed by atoms with E-state index in [4.69, 9.17) is 17.3 Å². The molecule has 2 N–H and O–H groups in total. The Balaban J connectivity index is 1.52. The van der Waals surface area contributed by atoms with Gasteiger partial charge in [0.15, 0.2) is 0 Å². The number of benzene rings is 1. The van der Waals surface area contributed by atoms with Crippen LogP contribution in [0.4, 0.5) is 19.0 Å². The average molecular weight is 517 g/mol. The molecule has 35 heavy (non-hydrogen) atoms. The van der Waals surface area contributed by atoms with E-state index in [0.717, 1.165) is 40.1 Å². The maximum Gasteiger partial charge on any atom is 0.417 e. The number of nitrogens with two attached hydrogens (primary N) is 1. The minimum absolute atomic E-state index is 0.0611. The lowest BCUT2D eigenvalue weighted by atomic mass is 10.0. The number of thiophene rings is 1. The number of nitrogen functional groups attached to an aromatic ring is 1. The Bertz CT molecular complexity index is 1440. The average Bonchev–Trinajstić information content (AvgIpc) is 3.36. The molecule has 0 saturated heterocycles. The number of carbonyl (C=O) groups is 1. The largest absolute Gasteiger partial charge is 0.417 e. The van der Waals surface area contributed by atoms with Crippen LogP contribution in [0.15, 0.2) is 48.7 Å². The quantitative estimate of drug-likeness (QED) is 0.332. The van der Waals surface area contributed by atoms with E-state index in [2.05, 4.69) is 9.97 Å². The van der Waals surface area contributed by atoms with Crippen LogP contribution in [-0.4, -0.2) is 20.8 Å². The minimum Gasteiger partial charge on any atom is -0.383 e. The molecule has 180 valence electrons. The van der Waals surface area contributed by atoms with Crippen LogP contribution in [-0.2, 0) is 19.1 Å². The number of aromatic nitrogens is 2. The summed E-state index contributed by atoms with van der Waals surface area (Å²) >= 11 is 7.73. The van der Waals surface area contributed by atoms with Crippen molar-refractivity contribution in [2.45, 2.75) is 38.5 Å². The first-order valence-electron chi connectivity index (χ1n) is 10.9. The summed E-state index contributed by atoms with van der Waals surface area (Å²) in [5, 5.41) is 0.779. The first-order chi connectivity index (χ1) is 16.6. The van der Waals surface area contributed by atoms with Gasteiger partial charge in [-0.25, -0.2) is 4.98 Å². The van der Waals surface area contributed by atoms with Gasteiger partial charge >= 0.3 is 6.18 Å². The standard InChI is InChI=1S/C25H20ClF3N4OS/c1-13-8-15-9-14(2-5-19(15)32-23(13)30)24(34)33(20-6-7-21-18(20)10-22(26)35-21)12-17-4-3-16(11-31-17)25(27,28)29/h2-5,8-11,20H,6-7,12H2,1H3,(H2,30,32)/t20-/m1/s1. The van der Waals surface area contributed by atoms with E-state index >= 15 is 0 Å². The molecule has 10 heteroatoms. The highest BCUT2D eigenvalue weighted by Gasteiger charge is 2.34. The molecule has 1 aliphatic carbocycles. The van der Waals surface area contributed by atoms with Gasteiger partial charge in [0.2, 0.25) is 0 Å². The van der Waals surface area contributed by atoms with E-state index in [-0.39, 0.29) is 18.5 Å². The van der Waals surface area contributed by atoms with Crippen molar-refractivity contribution in [2.24, 2.45) is 0 Å². The third-order valence-corrected chi connectivity index (χ3v) is 7.57. The molecule has 0 unspecified atom stereocenters. The fourth-order valence-electron chi connectivity index (χ4n) is 4.41. The van der Waals surface area contributed by atoms with Gasteiger partial charge in [-0.05, 0) is 73.4 Å². The summed E-state index contributed by atoms with van der Waals surface area (Å²) in [6.07, 6.45) is -2.19. The van der Waals surface area contributed by atoms with Crippen molar-refractivity contribution >= 4 is 45.6 Å². The zero-order valence-corrected chi connectivity index (χ0v) is 20.1. The van der Waals surface area contributed by atoms with Crippen LogP contribution in [0.3, 0.4) is 0 Å². The first-order valence-corrected chi connectivity index (χ1v) is 12.1. The predicted molar refractivity (Wildman–Crippen MR) is 130 cm³/mol. The van der Waals surface area contributed by atoms with Gasteiger partial charge < -0.3 is 10.6 Å². The minimum atomic E-state index is -4.48. The molecule has 1 atom stereocenters. The van der Waals surface area contributed by atoms with Gasteiger partial charge in [0.25, 0.3) is 5.91 Å². The van der Waals surface area contributed by atoms with Crippen molar-refractivity contribution < 1.29 is 18.0 Å². The molecule has 3 heterocycles. The van der Waals surface area contributed by atoms with E-state index in [9.17, 15) is 18.0 Å². The molecular formula is C25H20ClF3N4OS. The number of carbonyl (C=O) groups excluding carboxylic acids is 1. The van der Waals surface area contributed by atoms with Gasteiger partial charge in [-0.15, -0.1) is 11.3 Å². The highest BCUT2D eigenvalue weighted by atomic mass is 35.5. The summed E-state index contributed by atoms with van der Waals surface area (Å²) in [4.78, 5) is 25.0. The lowest BCUT2D eigenvalue weighted by molar-refractivity contribution is -0.137. The predicted octanol–water partition coefficient (Wildman–Crippen LogP) is 6.58. The Morgan fingerprint density at radius 2 is 2.03 bits per heavy atom. The maximum atomic E-state index is 13.8. The fourth-order valence-corrected chi connectivity index (χ4v) is 5.76. The molecule has 0 spiro atoms. The van der Waals surface area contributed by atoms with Gasteiger partial charge in [0, 0.05) is 22.0 Å². The summed E-state index contributed by atoms with van der Waals surface area (Å²) in [5.74, 6) is 0.183. The summed E-state index contributed by atoms with van der Waals surface area (Å²) in [6, 6.07) is 11.0. The number of hydrogen-bond acceptors (Lipinski definition) is 5. The number of nitrogens with zero attached hydrogens (tertiary/aromatic N) is 3. The fraction of sp³-hybridized carbons (Fsp3) is 0.240. The zero-order chi connectivity index (χ0) is 24.9. The van der Waals surface area contributed by atoms with Crippen LogP contribution < -0.4 is 5.73 Å². The Labute approximate surface area is 208 Å². The molecule has 0 fully saturated rings. The second kappa shape index (κ2) is 8.80. The highest BCUT2D eigenvalue weighted by Crippen LogP contribution is 2.43. The number of hydrogen-bond donors (Lipinski definition) is 1. The number of rotatable bonds is 4. The molecular weight excluding hydrogens is 497 g/mol.